The average molecular weight is 449 g/mol. The molecule has 1 atom stereocenters. The molecule has 162 valence electrons. The predicted molar refractivity (Wildman–Crippen MR) is 124 cm³/mol. The minimum absolute atomic E-state index is 0.246. The quantitative estimate of drug-likeness (QED) is 0.552. The molecule has 1 heterocycles. The minimum atomic E-state index is -0.246. The van der Waals surface area contributed by atoms with Gasteiger partial charge in [-0.2, -0.15) is 0 Å². The summed E-state index contributed by atoms with van der Waals surface area (Å²) in [4.78, 5) is 14.6. The number of rotatable bonds is 8. The van der Waals surface area contributed by atoms with Gasteiger partial charge in [-0.3, -0.25) is 0 Å². The molecular formula is C24H30Cl2N2O2. The van der Waals surface area contributed by atoms with Gasteiger partial charge < -0.3 is 15.0 Å². The number of hydrogen-bond donors (Lipinski definition) is 1. The lowest BCUT2D eigenvalue weighted by Gasteiger charge is -2.33. The highest BCUT2D eigenvalue weighted by molar-refractivity contribution is 6.42. The van der Waals surface area contributed by atoms with Crippen LogP contribution >= 0.6 is 23.2 Å². The van der Waals surface area contributed by atoms with Crippen LogP contribution in [-0.2, 0) is 4.74 Å². The Labute approximate surface area is 189 Å². The average Bonchev–Trinajstić information content (AvgIpc) is 2.78. The van der Waals surface area contributed by atoms with Gasteiger partial charge >= 0.3 is 5.97 Å². The summed E-state index contributed by atoms with van der Waals surface area (Å²) in [7, 11) is 3.42. The minimum Gasteiger partial charge on any atom is -0.465 e. The predicted octanol–water partition coefficient (Wildman–Crippen LogP) is 5.35. The molecule has 0 amide bonds. The molecule has 0 bridgehead atoms. The first kappa shape index (κ1) is 23.1. The number of nitrogens with one attached hydrogen (secondary N) is 1. The highest BCUT2D eigenvalue weighted by Crippen LogP contribution is 2.32. The van der Waals surface area contributed by atoms with Crippen molar-refractivity contribution < 1.29 is 9.53 Å². The van der Waals surface area contributed by atoms with Crippen molar-refractivity contribution in [1.29, 1.82) is 0 Å². The molecule has 0 aromatic heterocycles. The highest BCUT2D eigenvalue weighted by Gasteiger charge is 2.25. The third-order valence-electron chi connectivity index (χ3n) is 6.05. The van der Waals surface area contributed by atoms with Crippen LogP contribution in [0.3, 0.4) is 0 Å². The van der Waals surface area contributed by atoms with E-state index >= 15 is 0 Å². The Balaban J connectivity index is 1.57. The standard InChI is InChI=1S/C24H30Cl2N2O2/c1-27-16-19(18-7-8-22(25)23(26)15-18)11-14-28-12-9-17(10-13-28)20-5-3-4-6-21(20)24(29)30-2/h3-8,15,17,19,27H,9-14,16H2,1-2H3/t19-/m1/s1. The Bertz CT molecular complexity index is 851. The van der Waals surface area contributed by atoms with Gasteiger partial charge in [-0.15, -0.1) is 0 Å². The smallest absolute Gasteiger partial charge is 0.338 e. The summed E-state index contributed by atoms with van der Waals surface area (Å²) in [5, 5.41) is 4.51. The van der Waals surface area contributed by atoms with E-state index in [1.165, 1.54) is 12.7 Å². The van der Waals surface area contributed by atoms with Gasteiger partial charge in [0, 0.05) is 6.54 Å². The molecule has 1 aliphatic rings. The molecule has 2 aromatic rings. The van der Waals surface area contributed by atoms with Gasteiger partial charge in [0.15, 0.2) is 0 Å². The highest BCUT2D eigenvalue weighted by atomic mass is 35.5. The zero-order valence-corrected chi connectivity index (χ0v) is 19.2. The summed E-state index contributed by atoms with van der Waals surface area (Å²) >= 11 is 12.3. The number of ether oxygens (including phenoxy) is 1. The first-order valence-corrected chi connectivity index (χ1v) is 11.3. The topological polar surface area (TPSA) is 41.6 Å². The molecule has 0 unspecified atom stereocenters. The molecule has 1 saturated heterocycles. The van der Waals surface area contributed by atoms with Crippen LogP contribution in [0.2, 0.25) is 10.0 Å². The molecule has 30 heavy (non-hydrogen) atoms. The van der Waals surface area contributed by atoms with E-state index in [0.29, 0.717) is 27.4 Å². The van der Waals surface area contributed by atoms with Gasteiger partial charge in [-0.05, 0) is 87.1 Å². The molecule has 1 N–H and O–H groups in total. The van der Waals surface area contributed by atoms with E-state index in [-0.39, 0.29) is 5.97 Å². The molecule has 1 fully saturated rings. The number of esters is 1. The molecule has 4 nitrogen and oxygen atoms in total. The van der Waals surface area contributed by atoms with Gasteiger partial charge in [0.05, 0.1) is 22.7 Å². The summed E-state index contributed by atoms with van der Waals surface area (Å²) in [6.07, 6.45) is 3.16. The first-order valence-electron chi connectivity index (χ1n) is 10.5. The van der Waals surface area contributed by atoms with Crippen LogP contribution in [-0.4, -0.2) is 51.2 Å². The lowest BCUT2D eigenvalue weighted by Crippen LogP contribution is -2.35. The van der Waals surface area contributed by atoms with Crippen LogP contribution in [0, 0.1) is 0 Å². The third-order valence-corrected chi connectivity index (χ3v) is 6.79. The van der Waals surface area contributed by atoms with Crippen LogP contribution in [0.5, 0.6) is 0 Å². The monoisotopic (exact) mass is 448 g/mol. The van der Waals surface area contributed by atoms with Crippen molar-refractivity contribution in [3.05, 3.63) is 69.2 Å². The maximum absolute atomic E-state index is 12.1. The van der Waals surface area contributed by atoms with Gasteiger partial charge in [-0.1, -0.05) is 47.5 Å². The van der Waals surface area contributed by atoms with Crippen LogP contribution in [0.1, 0.15) is 52.6 Å². The Morgan fingerprint density at radius 1 is 1.17 bits per heavy atom. The number of carbonyl (C=O) groups is 1. The van der Waals surface area contributed by atoms with Crippen molar-refractivity contribution in [2.24, 2.45) is 0 Å². The molecule has 0 radical (unpaired) electrons. The Morgan fingerprint density at radius 2 is 1.90 bits per heavy atom. The summed E-state index contributed by atoms with van der Waals surface area (Å²) < 4.78 is 4.96. The van der Waals surface area contributed by atoms with Crippen LogP contribution in [0.4, 0.5) is 0 Å². The van der Waals surface area contributed by atoms with Crippen LogP contribution in [0.25, 0.3) is 0 Å². The van der Waals surface area contributed by atoms with E-state index < -0.39 is 0 Å². The first-order chi connectivity index (χ1) is 14.5. The zero-order valence-electron chi connectivity index (χ0n) is 17.7. The number of hydrogen-bond acceptors (Lipinski definition) is 4. The van der Waals surface area contributed by atoms with E-state index in [1.807, 2.05) is 37.4 Å². The maximum atomic E-state index is 12.1. The number of carbonyl (C=O) groups excluding carboxylic acids is 1. The molecule has 0 aliphatic carbocycles. The van der Waals surface area contributed by atoms with E-state index in [0.717, 1.165) is 51.0 Å². The van der Waals surface area contributed by atoms with Crippen LogP contribution < -0.4 is 5.32 Å². The van der Waals surface area contributed by atoms with E-state index in [1.54, 1.807) is 0 Å². The lowest BCUT2D eigenvalue weighted by atomic mass is 9.86. The van der Waals surface area contributed by atoms with Crippen molar-refractivity contribution >= 4 is 29.2 Å². The fourth-order valence-electron chi connectivity index (χ4n) is 4.35. The van der Waals surface area contributed by atoms with E-state index in [9.17, 15) is 4.79 Å². The maximum Gasteiger partial charge on any atom is 0.338 e. The second-order valence-electron chi connectivity index (χ2n) is 7.91. The molecule has 3 rings (SSSR count). The van der Waals surface area contributed by atoms with E-state index in [4.69, 9.17) is 27.9 Å². The van der Waals surface area contributed by atoms with Gasteiger partial charge in [0.1, 0.15) is 0 Å². The SMILES string of the molecule is CNC[C@@H](CCN1CCC(c2ccccc2C(=O)OC)CC1)c1ccc(Cl)c(Cl)c1. The summed E-state index contributed by atoms with van der Waals surface area (Å²) in [6, 6.07) is 13.8. The Hall–Kier alpha value is -1.59. The van der Waals surface area contributed by atoms with Gasteiger partial charge in [-0.25, -0.2) is 4.79 Å². The number of nitrogens with zero attached hydrogens (tertiary/aromatic N) is 1. The normalized spacial score (nSPS) is 16.4. The number of piperidine rings is 1. The van der Waals surface area contributed by atoms with Crippen molar-refractivity contribution in [1.82, 2.24) is 10.2 Å². The number of methoxy groups -OCH3 is 1. The fourth-order valence-corrected chi connectivity index (χ4v) is 4.66. The van der Waals surface area contributed by atoms with Crippen molar-refractivity contribution in [3.63, 3.8) is 0 Å². The van der Waals surface area contributed by atoms with E-state index in [2.05, 4.69) is 22.3 Å². The molecule has 2 aromatic carbocycles. The fraction of sp³-hybridized carbons (Fsp3) is 0.458. The second-order valence-corrected chi connectivity index (χ2v) is 8.73. The number of benzene rings is 2. The van der Waals surface area contributed by atoms with Crippen LogP contribution in [0.15, 0.2) is 42.5 Å². The summed E-state index contributed by atoms with van der Waals surface area (Å²) in [6.45, 7) is 4.01. The number of halogens is 2. The lowest BCUT2D eigenvalue weighted by molar-refractivity contribution is 0.0598. The molecule has 1 aliphatic heterocycles. The Morgan fingerprint density at radius 3 is 2.57 bits per heavy atom. The zero-order chi connectivity index (χ0) is 21.5. The Kier molecular flexibility index (Phi) is 8.58. The summed E-state index contributed by atoms with van der Waals surface area (Å²) in [5.41, 5.74) is 3.04. The molecule has 0 spiro atoms. The van der Waals surface area contributed by atoms with Crippen molar-refractivity contribution in [3.8, 4) is 0 Å². The van der Waals surface area contributed by atoms with Gasteiger partial charge in [0.25, 0.3) is 0 Å². The number of likely N-dealkylation sites (N-methyl/N-ethyl adjacent to an activating group) is 1. The van der Waals surface area contributed by atoms with Crippen molar-refractivity contribution in [2.75, 3.05) is 40.3 Å². The summed E-state index contributed by atoms with van der Waals surface area (Å²) in [5.74, 6) is 0.548. The van der Waals surface area contributed by atoms with Gasteiger partial charge in [0.2, 0.25) is 0 Å². The second kappa shape index (κ2) is 11.1. The van der Waals surface area contributed by atoms with Crippen molar-refractivity contribution in [2.45, 2.75) is 31.1 Å². The largest absolute Gasteiger partial charge is 0.465 e. The molecular weight excluding hydrogens is 419 g/mol. The molecule has 6 heteroatoms. The third kappa shape index (κ3) is 5.76. The number of likely N-dealkylation sites (tertiary alicyclic amines) is 1. The molecule has 0 saturated carbocycles.